The van der Waals surface area contributed by atoms with Gasteiger partial charge in [0.2, 0.25) is 0 Å². The molecule has 6 heteroatoms. The lowest BCUT2D eigenvalue weighted by Crippen LogP contribution is -2.47. The molecule has 0 bridgehead atoms. The molecular weight excluding hydrogens is 436 g/mol. The highest BCUT2D eigenvalue weighted by molar-refractivity contribution is 9.10. The van der Waals surface area contributed by atoms with Gasteiger partial charge in [0.1, 0.15) is 0 Å². The van der Waals surface area contributed by atoms with Crippen LogP contribution in [-0.2, 0) is 5.60 Å². The van der Waals surface area contributed by atoms with E-state index in [2.05, 4.69) is 34.7 Å². The number of benzene rings is 2. The van der Waals surface area contributed by atoms with E-state index in [1.807, 2.05) is 53.4 Å². The molecule has 4 rings (SSSR count). The van der Waals surface area contributed by atoms with E-state index in [1.165, 1.54) is 11.3 Å². The first kappa shape index (κ1) is 19.9. The van der Waals surface area contributed by atoms with E-state index < -0.39 is 11.8 Å². The van der Waals surface area contributed by atoms with Gasteiger partial charge in [-0.2, -0.15) is 0 Å². The van der Waals surface area contributed by atoms with E-state index in [0.717, 1.165) is 50.3 Å². The van der Waals surface area contributed by atoms with Crippen LogP contribution in [0, 0.1) is 0 Å². The molecule has 2 aromatic carbocycles. The SMILES string of the molecule is CCN(CC)CCN1c2cccc(Br)c2C(O)(c2cc3ccccc3s2)C1O. The molecule has 1 aromatic heterocycles. The molecule has 2 atom stereocenters. The van der Waals surface area contributed by atoms with E-state index in [0.29, 0.717) is 6.54 Å². The van der Waals surface area contributed by atoms with E-state index in [-0.39, 0.29) is 0 Å². The Morgan fingerprint density at radius 3 is 2.61 bits per heavy atom. The molecule has 0 saturated carbocycles. The monoisotopic (exact) mass is 460 g/mol. The highest BCUT2D eigenvalue weighted by Crippen LogP contribution is 2.52. The van der Waals surface area contributed by atoms with Gasteiger partial charge >= 0.3 is 0 Å². The number of nitrogens with zero attached hydrogens (tertiary/aromatic N) is 2. The fourth-order valence-electron chi connectivity index (χ4n) is 4.07. The number of anilines is 1. The van der Waals surface area contributed by atoms with Crippen LogP contribution < -0.4 is 4.90 Å². The molecule has 0 radical (unpaired) electrons. The highest BCUT2D eigenvalue weighted by atomic mass is 79.9. The van der Waals surface area contributed by atoms with Gasteiger partial charge in [-0.1, -0.05) is 54.0 Å². The first-order valence-corrected chi connectivity index (χ1v) is 11.3. The molecule has 3 aromatic rings. The number of rotatable bonds is 6. The number of likely N-dealkylation sites (N-methyl/N-ethyl adjacent to an activating group) is 1. The molecule has 0 saturated heterocycles. The van der Waals surface area contributed by atoms with Crippen LogP contribution in [0.25, 0.3) is 10.1 Å². The summed E-state index contributed by atoms with van der Waals surface area (Å²) in [5.74, 6) is 0. The Morgan fingerprint density at radius 1 is 1.14 bits per heavy atom. The lowest BCUT2D eigenvalue weighted by atomic mass is 9.92. The van der Waals surface area contributed by atoms with Crippen molar-refractivity contribution in [2.45, 2.75) is 25.7 Å². The summed E-state index contributed by atoms with van der Waals surface area (Å²) in [6.07, 6.45) is -1.04. The number of hydrogen-bond acceptors (Lipinski definition) is 5. The zero-order valence-electron chi connectivity index (χ0n) is 16.1. The van der Waals surface area contributed by atoms with Gasteiger partial charge in [-0.15, -0.1) is 11.3 Å². The normalized spacial score (nSPS) is 21.6. The fourth-order valence-corrected chi connectivity index (χ4v) is 5.90. The van der Waals surface area contributed by atoms with Gasteiger partial charge in [-0.05, 0) is 42.7 Å². The van der Waals surface area contributed by atoms with Crippen LogP contribution in [0.3, 0.4) is 0 Å². The zero-order valence-corrected chi connectivity index (χ0v) is 18.5. The number of halogens is 1. The zero-order chi connectivity index (χ0) is 19.9. The Morgan fingerprint density at radius 2 is 1.89 bits per heavy atom. The fraction of sp³-hybridized carbons (Fsp3) is 0.364. The Balaban J connectivity index is 1.79. The second-order valence-corrected chi connectivity index (χ2v) is 9.08. The molecule has 0 spiro atoms. The van der Waals surface area contributed by atoms with Crippen LogP contribution in [-0.4, -0.2) is 47.5 Å². The van der Waals surface area contributed by atoms with Crippen molar-refractivity contribution in [1.82, 2.24) is 4.90 Å². The lowest BCUT2D eigenvalue weighted by molar-refractivity contribution is -0.0366. The summed E-state index contributed by atoms with van der Waals surface area (Å²) in [7, 11) is 0. The maximum absolute atomic E-state index is 11.9. The van der Waals surface area contributed by atoms with Crippen molar-refractivity contribution in [1.29, 1.82) is 0 Å². The average Bonchev–Trinajstić information content (AvgIpc) is 3.23. The van der Waals surface area contributed by atoms with Crippen molar-refractivity contribution in [2.24, 2.45) is 0 Å². The molecule has 0 fully saturated rings. The second-order valence-electron chi connectivity index (χ2n) is 7.14. The summed E-state index contributed by atoms with van der Waals surface area (Å²) >= 11 is 5.16. The van der Waals surface area contributed by atoms with Crippen molar-refractivity contribution >= 4 is 43.0 Å². The lowest BCUT2D eigenvalue weighted by Gasteiger charge is -2.32. The van der Waals surface area contributed by atoms with Crippen LogP contribution in [0.15, 0.2) is 53.0 Å². The molecule has 148 valence electrons. The van der Waals surface area contributed by atoms with Gasteiger partial charge in [0.15, 0.2) is 11.8 Å². The Labute approximate surface area is 178 Å². The minimum Gasteiger partial charge on any atom is -0.375 e. The maximum atomic E-state index is 11.9. The number of fused-ring (bicyclic) bond motifs is 2. The van der Waals surface area contributed by atoms with Gasteiger partial charge in [0.25, 0.3) is 0 Å². The predicted molar refractivity (Wildman–Crippen MR) is 120 cm³/mol. The largest absolute Gasteiger partial charge is 0.375 e. The molecule has 1 aliphatic rings. The molecule has 4 nitrogen and oxygen atoms in total. The third-order valence-corrected chi connectivity index (χ3v) is 7.61. The summed E-state index contributed by atoms with van der Waals surface area (Å²) in [5, 5.41) is 24.3. The predicted octanol–water partition coefficient (Wildman–Crippen LogP) is 4.38. The van der Waals surface area contributed by atoms with Gasteiger partial charge in [0, 0.05) is 38.4 Å². The van der Waals surface area contributed by atoms with Crippen molar-refractivity contribution in [3.63, 3.8) is 0 Å². The average molecular weight is 461 g/mol. The number of aliphatic hydroxyl groups is 2. The van der Waals surface area contributed by atoms with Gasteiger partial charge in [0.05, 0.1) is 0 Å². The van der Waals surface area contributed by atoms with E-state index in [1.54, 1.807) is 0 Å². The van der Waals surface area contributed by atoms with Gasteiger partial charge in [-0.25, -0.2) is 0 Å². The third kappa shape index (κ3) is 3.08. The number of hydrogen-bond donors (Lipinski definition) is 2. The first-order valence-electron chi connectivity index (χ1n) is 9.68. The van der Waals surface area contributed by atoms with Crippen molar-refractivity contribution < 1.29 is 10.2 Å². The van der Waals surface area contributed by atoms with E-state index in [4.69, 9.17) is 0 Å². The topological polar surface area (TPSA) is 46.9 Å². The van der Waals surface area contributed by atoms with Crippen LogP contribution in [0.2, 0.25) is 0 Å². The Hall–Kier alpha value is -1.44. The summed E-state index contributed by atoms with van der Waals surface area (Å²) in [4.78, 5) is 5.02. The minimum atomic E-state index is -1.47. The minimum absolute atomic E-state index is 0.652. The maximum Gasteiger partial charge on any atom is 0.171 e. The van der Waals surface area contributed by atoms with Crippen molar-refractivity contribution in [3.8, 4) is 0 Å². The van der Waals surface area contributed by atoms with Crippen molar-refractivity contribution in [2.75, 3.05) is 31.1 Å². The quantitative estimate of drug-likeness (QED) is 0.572. The Bertz CT molecular complexity index is 955. The van der Waals surface area contributed by atoms with Gasteiger partial charge < -0.3 is 20.0 Å². The van der Waals surface area contributed by atoms with Crippen LogP contribution in [0.4, 0.5) is 5.69 Å². The smallest absolute Gasteiger partial charge is 0.171 e. The second kappa shape index (κ2) is 7.76. The molecule has 1 aliphatic heterocycles. The summed E-state index contributed by atoms with van der Waals surface area (Å²) in [6.45, 7) is 7.70. The number of thiophene rings is 1. The third-order valence-electron chi connectivity index (χ3n) is 5.70. The molecule has 0 aliphatic carbocycles. The van der Waals surface area contributed by atoms with Crippen LogP contribution in [0.1, 0.15) is 24.3 Å². The molecule has 2 heterocycles. The highest BCUT2D eigenvalue weighted by Gasteiger charge is 2.52. The standard InChI is InChI=1S/C22H25BrN2O2S/c1-3-24(4-2)12-13-25-17-10-7-9-16(23)20(17)22(27,21(25)26)19-14-15-8-5-6-11-18(15)28-19/h5-11,14,21,26-27H,3-4,12-13H2,1-2H3. The molecule has 2 N–H and O–H groups in total. The van der Waals surface area contributed by atoms with Crippen molar-refractivity contribution in [3.05, 3.63) is 63.4 Å². The summed E-state index contributed by atoms with van der Waals surface area (Å²) < 4.78 is 1.92. The number of aliphatic hydroxyl groups excluding tert-OH is 1. The molecular formula is C22H25BrN2O2S. The molecule has 2 unspecified atom stereocenters. The van der Waals surface area contributed by atoms with Crippen LogP contribution in [0.5, 0.6) is 0 Å². The van der Waals surface area contributed by atoms with E-state index >= 15 is 0 Å². The molecule has 28 heavy (non-hydrogen) atoms. The summed E-state index contributed by atoms with van der Waals surface area (Å²) in [5.41, 5.74) is 0.158. The molecule has 0 amide bonds. The summed E-state index contributed by atoms with van der Waals surface area (Å²) in [6, 6.07) is 15.9. The Kier molecular flexibility index (Phi) is 5.51. The van der Waals surface area contributed by atoms with E-state index in [9.17, 15) is 10.2 Å². The van der Waals surface area contributed by atoms with Crippen LogP contribution >= 0.6 is 27.3 Å². The first-order chi connectivity index (χ1) is 13.5. The van der Waals surface area contributed by atoms with Gasteiger partial charge in [-0.3, -0.25) is 0 Å².